The Morgan fingerprint density at radius 3 is 2.95 bits per heavy atom. The van der Waals surface area contributed by atoms with Crippen LogP contribution >= 0.6 is 0 Å². The molecule has 3 rings (SSSR count). The molecule has 0 unspecified atom stereocenters. The van der Waals surface area contributed by atoms with Crippen LogP contribution in [-0.2, 0) is 6.42 Å². The van der Waals surface area contributed by atoms with Crippen molar-refractivity contribution in [2.24, 2.45) is 5.92 Å². The maximum atomic E-state index is 5.86. The molecule has 1 N–H and O–H groups in total. The van der Waals surface area contributed by atoms with Crippen LogP contribution in [0.4, 0.5) is 5.82 Å². The normalized spacial score (nSPS) is 16.8. The fraction of sp³-hybridized carbons (Fsp3) is 0.375. The summed E-state index contributed by atoms with van der Waals surface area (Å²) in [7, 11) is 1.67. The van der Waals surface area contributed by atoms with Gasteiger partial charge in [-0.1, -0.05) is 12.1 Å². The van der Waals surface area contributed by atoms with Gasteiger partial charge in [0.05, 0.1) is 19.4 Å². The third-order valence-corrected chi connectivity index (χ3v) is 3.62. The lowest BCUT2D eigenvalue weighted by Gasteiger charge is -2.26. The van der Waals surface area contributed by atoms with Crippen LogP contribution in [-0.4, -0.2) is 30.5 Å². The van der Waals surface area contributed by atoms with E-state index in [0.717, 1.165) is 36.0 Å². The summed E-state index contributed by atoms with van der Waals surface area (Å²) in [4.78, 5) is 0. The minimum atomic E-state index is 0.410. The highest BCUT2D eigenvalue weighted by molar-refractivity contribution is 5.48. The zero-order chi connectivity index (χ0) is 14.7. The number of para-hydroxylation sites is 1. The van der Waals surface area contributed by atoms with Crippen molar-refractivity contribution in [1.82, 2.24) is 10.2 Å². The molecule has 5 nitrogen and oxygen atoms in total. The van der Waals surface area contributed by atoms with Crippen molar-refractivity contribution < 1.29 is 9.47 Å². The van der Waals surface area contributed by atoms with Crippen molar-refractivity contribution in [3.05, 3.63) is 41.6 Å². The van der Waals surface area contributed by atoms with E-state index in [-0.39, 0.29) is 0 Å². The average Bonchev–Trinajstić information content (AvgIpc) is 2.53. The number of aryl methyl sites for hydroxylation is 1. The molecule has 2 heterocycles. The second-order valence-electron chi connectivity index (χ2n) is 5.27. The van der Waals surface area contributed by atoms with Crippen molar-refractivity contribution in [1.29, 1.82) is 0 Å². The number of ether oxygens (including phenoxy) is 2. The van der Waals surface area contributed by atoms with Crippen molar-refractivity contribution in [3.8, 4) is 11.5 Å². The molecule has 0 spiro atoms. The van der Waals surface area contributed by atoms with Gasteiger partial charge in [0, 0.05) is 12.5 Å². The van der Waals surface area contributed by atoms with Crippen molar-refractivity contribution in [2.75, 3.05) is 25.6 Å². The summed E-state index contributed by atoms with van der Waals surface area (Å²) in [6.07, 6.45) is 0.971. The van der Waals surface area contributed by atoms with E-state index in [4.69, 9.17) is 9.47 Å². The van der Waals surface area contributed by atoms with E-state index in [1.54, 1.807) is 7.11 Å². The fourth-order valence-electron chi connectivity index (χ4n) is 2.49. The summed E-state index contributed by atoms with van der Waals surface area (Å²) >= 11 is 0. The fourth-order valence-corrected chi connectivity index (χ4v) is 2.49. The first-order valence-corrected chi connectivity index (χ1v) is 7.09. The molecule has 110 valence electrons. The lowest BCUT2D eigenvalue weighted by atomic mass is 9.96. The van der Waals surface area contributed by atoms with Crippen molar-refractivity contribution >= 4 is 5.82 Å². The molecule has 0 bridgehead atoms. The topological polar surface area (TPSA) is 56.3 Å². The average molecular weight is 285 g/mol. The van der Waals surface area contributed by atoms with Crippen LogP contribution in [0.5, 0.6) is 11.5 Å². The van der Waals surface area contributed by atoms with Gasteiger partial charge in [-0.05, 0) is 37.1 Å². The second-order valence-corrected chi connectivity index (χ2v) is 5.27. The number of hydrogen-bond acceptors (Lipinski definition) is 5. The van der Waals surface area contributed by atoms with Crippen molar-refractivity contribution in [3.63, 3.8) is 0 Å². The first-order valence-electron chi connectivity index (χ1n) is 7.09. The zero-order valence-corrected chi connectivity index (χ0v) is 12.3. The molecule has 0 aliphatic carbocycles. The Hall–Kier alpha value is -2.30. The maximum absolute atomic E-state index is 5.86. The van der Waals surface area contributed by atoms with Gasteiger partial charge in [-0.2, -0.15) is 5.10 Å². The van der Waals surface area contributed by atoms with Gasteiger partial charge in [0.1, 0.15) is 5.82 Å². The molecule has 0 amide bonds. The number of rotatable bonds is 4. The first kappa shape index (κ1) is 13.7. The number of nitrogens with zero attached hydrogens (tertiary/aromatic N) is 2. The zero-order valence-electron chi connectivity index (χ0n) is 12.3. The summed E-state index contributed by atoms with van der Waals surface area (Å²) in [5, 5.41) is 11.5. The van der Waals surface area contributed by atoms with Crippen LogP contribution in [0.25, 0.3) is 0 Å². The van der Waals surface area contributed by atoms with Crippen LogP contribution in [0, 0.1) is 12.8 Å². The Bertz CT molecular complexity index is 613. The molecule has 0 radical (unpaired) electrons. The van der Waals surface area contributed by atoms with Gasteiger partial charge in [-0.15, -0.1) is 5.10 Å². The molecule has 21 heavy (non-hydrogen) atoms. The van der Waals surface area contributed by atoms with Gasteiger partial charge in [0.2, 0.25) is 0 Å². The van der Waals surface area contributed by atoms with E-state index in [2.05, 4.69) is 21.6 Å². The molecule has 0 fully saturated rings. The highest BCUT2D eigenvalue weighted by Gasteiger charge is 2.22. The Kier molecular flexibility index (Phi) is 3.90. The van der Waals surface area contributed by atoms with E-state index in [9.17, 15) is 0 Å². The number of nitrogens with one attached hydrogen (secondary N) is 1. The SMILES string of the molecule is COc1cccc2c1OC[C@H](CNc1ccc(C)nn1)C2. The monoisotopic (exact) mass is 285 g/mol. The second kappa shape index (κ2) is 5.99. The molecule has 0 saturated carbocycles. The smallest absolute Gasteiger partial charge is 0.164 e. The Labute approximate surface area is 124 Å². The van der Waals surface area contributed by atoms with Crippen LogP contribution in [0.1, 0.15) is 11.3 Å². The molecule has 1 aliphatic heterocycles. The highest BCUT2D eigenvalue weighted by Crippen LogP contribution is 2.35. The van der Waals surface area contributed by atoms with Crippen LogP contribution in [0.15, 0.2) is 30.3 Å². The number of hydrogen-bond donors (Lipinski definition) is 1. The first-order chi connectivity index (χ1) is 10.3. The predicted molar refractivity (Wildman–Crippen MR) is 80.9 cm³/mol. The van der Waals surface area contributed by atoms with Gasteiger partial charge in [0.15, 0.2) is 11.5 Å². The minimum Gasteiger partial charge on any atom is -0.493 e. The molecular formula is C16H19N3O2. The molecule has 0 saturated heterocycles. The summed E-state index contributed by atoms with van der Waals surface area (Å²) in [6.45, 7) is 3.42. The Balaban J connectivity index is 1.63. The van der Waals surface area contributed by atoms with Gasteiger partial charge in [0.25, 0.3) is 0 Å². The predicted octanol–water partition coefficient (Wildman–Crippen LogP) is 2.46. The third kappa shape index (κ3) is 3.07. The number of methoxy groups -OCH3 is 1. The quantitative estimate of drug-likeness (QED) is 0.935. The van der Waals surface area contributed by atoms with Gasteiger partial charge < -0.3 is 14.8 Å². The van der Waals surface area contributed by atoms with E-state index in [1.807, 2.05) is 31.2 Å². The Morgan fingerprint density at radius 2 is 2.19 bits per heavy atom. The van der Waals surface area contributed by atoms with Crippen molar-refractivity contribution in [2.45, 2.75) is 13.3 Å². The van der Waals surface area contributed by atoms with Gasteiger partial charge in [-0.25, -0.2) is 0 Å². The van der Waals surface area contributed by atoms with E-state index >= 15 is 0 Å². The van der Waals surface area contributed by atoms with Crippen LogP contribution in [0.2, 0.25) is 0 Å². The molecule has 1 aliphatic rings. The minimum absolute atomic E-state index is 0.410. The van der Waals surface area contributed by atoms with E-state index < -0.39 is 0 Å². The standard InChI is InChI=1S/C16H19N3O2/c1-11-6-7-15(19-18-11)17-9-12-8-13-4-3-5-14(20-2)16(13)21-10-12/h3-7,12H,8-10H2,1-2H3,(H,17,19)/t12-/m0/s1. The summed E-state index contributed by atoms with van der Waals surface area (Å²) in [6, 6.07) is 9.92. The number of aromatic nitrogens is 2. The molecular weight excluding hydrogens is 266 g/mol. The molecule has 5 heteroatoms. The molecule has 2 aromatic rings. The number of fused-ring (bicyclic) bond motifs is 1. The highest BCUT2D eigenvalue weighted by atomic mass is 16.5. The third-order valence-electron chi connectivity index (χ3n) is 3.62. The van der Waals surface area contributed by atoms with Crippen LogP contribution in [0.3, 0.4) is 0 Å². The number of anilines is 1. The van der Waals surface area contributed by atoms with Crippen LogP contribution < -0.4 is 14.8 Å². The largest absolute Gasteiger partial charge is 0.493 e. The number of benzene rings is 1. The van der Waals surface area contributed by atoms with E-state index in [1.165, 1.54) is 5.56 Å². The molecule has 1 atom stereocenters. The summed E-state index contributed by atoms with van der Waals surface area (Å²) in [5.41, 5.74) is 2.12. The Morgan fingerprint density at radius 1 is 1.29 bits per heavy atom. The lowest BCUT2D eigenvalue weighted by Crippen LogP contribution is -2.27. The lowest BCUT2D eigenvalue weighted by molar-refractivity contribution is 0.218. The van der Waals surface area contributed by atoms with Gasteiger partial charge >= 0.3 is 0 Å². The molecule has 1 aromatic heterocycles. The maximum Gasteiger partial charge on any atom is 0.164 e. The van der Waals surface area contributed by atoms with E-state index in [0.29, 0.717) is 12.5 Å². The molecule has 1 aromatic carbocycles. The summed E-state index contributed by atoms with van der Waals surface area (Å²) in [5.74, 6) is 2.90. The summed E-state index contributed by atoms with van der Waals surface area (Å²) < 4.78 is 11.2. The van der Waals surface area contributed by atoms with Gasteiger partial charge in [-0.3, -0.25) is 0 Å².